The van der Waals surface area contributed by atoms with Crippen LogP contribution in [0, 0.1) is 0 Å². The van der Waals surface area contributed by atoms with Gasteiger partial charge < -0.3 is 4.98 Å². The van der Waals surface area contributed by atoms with E-state index in [1.807, 2.05) is 24.0 Å². The Bertz CT molecular complexity index is 894. The predicted molar refractivity (Wildman–Crippen MR) is 118 cm³/mol. The summed E-state index contributed by atoms with van der Waals surface area (Å²) < 4.78 is 0. The van der Waals surface area contributed by atoms with E-state index in [0.717, 1.165) is 29.6 Å². The van der Waals surface area contributed by atoms with E-state index >= 15 is 0 Å². The average Bonchev–Trinajstić information content (AvgIpc) is 3.42. The SMILES string of the molecule is CCN1C(=O)N2CC(Cc3ccncc3)N=C2c2[nH]c(C3CCCC3)nc21.Cl.Cl. The van der Waals surface area contributed by atoms with Crippen molar-refractivity contribution in [3.8, 4) is 0 Å². The highest BCUT2D eigenvalue weighted by Gasteiger charge is 2.42. The topological polar surface area (TPSA) is 77.5 Å². The van der Waals surface area contributed by atoms with Crippen molar-refractivity contribution in [2.45, 2.75) is 51.0 Å². The molecule has 0 bridgehead atoms. The molecule has 7 nitrogen and oxygen atoms in total. The number of halogens is 2. The maximum atomic E-state index is 13.0. The van der Waals surface area contributed by atoms with Gasteiger partial charge in [-0.05, 0) is 43.9 Å². The lowest BCUT2D eigenvalue weighted by atomic mass is 10.1. The lowest BCUT2D eigenvalue weighted by molar-refractivity contribution is 0.227. The van der Waals surface area contributed by atoms with Crippen LogP contribution in [0.1, 0.15) is 55.6 Å². The highest BCUT2D eigenvalue weighted by Crippen LogP contribution is 2.37. The molecule has 2 aromatic rings. The molecule has 1 aliphatic carbocycles. The number of hydrogen-bond acceptors (Lipinski definition) is 4. The van der Waals surface area contributed by atoms with Gasteiger partial charge in [0.2, 0.25) is 0 Å². The molecule has 1 atom stereocenters. The summed E-state index contributed by atoms with van der Waals surface area (Å²) >= 11 is 0. The molecule has 156 valence electrons. The van der Waals surface area contributed by atoms with Crippen molar-refractivity contribution in [3.05, 3.63) is 41.6 Å². The molecule has 29 heavy (non-hydrogen) atoms. The van der Waals surface area contributed by atoms with Gasteiger partial charge in [0.05, 0.1) is 12.6 Å². The zero-order chi connectivity index (χ0) is 18.4. The van der Waals surface area contributed by atoms with Gasteiger partial charge in [0, 0.05) is 24.9 Å². The number of carbonyl (C=O) groups excluding carboxylic acids is 1. The van der Waals surface area contributed by atoms with Crippen molar-refractivity contribution in [1.29, 1.82) is 0 Å². The summed E-state index contributed by atoms with van der Waals surface area (Å²) in [6.07, 6.45) is 9.27. The Morgan fingerprint density at radius 3 is 2.59 bits per heavy atom. The van der Waals surface area contributed by atoms with Gasteiger partial charge in [-0.25, -0.2) is 9.78 Å². The van der Waals surface area contributed by atoms with Crippen LogP contribution in [-0.4, -0.2) is 50.8 Å². The van der Waals surface area contributed by atoms with Crippen LogP contribution < -0.4 is 4.90 Å². The Hall–Kier alpha value is -2.12. The van der Waals surface area contributed by atoms with Gasteiger partial charge in [0.25, 0.3) is 0 Å². The molecule has 5 rings (SSSR count). The summed E-state index contributed by atoms with van der Waals surface area (Å²) in [7, 11) is 0. The first-order chi connectivity index (χ1) is 13.2. The number of rotatable bonds is 4. The molecule has 3 aliphatic rings. The minimum Gasteiger partial charge on any atom is -0.337 e. The first-order valence-corrected chi connectivity index (χ1v) is 9.90. The lowest BCUT2D eigenvalue weighted by Crippen LogP contribution is -2.50. The fourth-order valence-corrected chi connectivity index (χ4v) is 4.50. The molecule has 1 unspecified atom stereocenters. The largest absolute Gasteiger partial charge is 0.337 e. The summed E-state index contributed by atoms with van der Waals surface area (Å²) in [5, 5.41) is 0. The summed E-state index contributed by atoms with van der Waals surface area (Å²) in [4.78, 5) is 34.0. The van der Waals surface area contributed by atoms with Gasteiger partial charge >= 0.3 is 6.03 Å². The standard InChI is InChI=1S/C20H24N6O.2ClH/c1-2-25-19-16(23-17(24-19)14-5-3-4-6-14)18-22-15(12-26(18)20(25)27)11-13-7-9-21-10-8-13;;/h7-10,14-15H,2-6,11-12H2,1H3,(H,23,24);2*1H. The molecule has 0 radical (unpaired) electrons. The van der Waals surface area contributed by atoms with Crippen LogP contribution in [0.5, 0.6) is 0 Å². The Labute approximate surface area is 182 Å². The number of nitrogens with zero attached hydrogens (tertiary/aromatic N) is 5. The van der Waals surface area contributed by atoms with E-state index in [9.17, 15) is 4.79 Å². The number of amides is 2. The van der Waals surface area contributed by atoms with Crippen LogP contribution >= 0.6 is 24.8 Å². The third kappa shape index (κ3) is 3.73. The molecular formula is C20H26Cl2N6O. The summed E-state index contributed by atoms with van der Waals surface area (Å²) in [5.74, 6) is 3.01. The maximum absolute atomic E-state index is 13.0. The molecular weight excluding hydrogens is 411 g/mol. The summed E-state index contributed by atoms with van der Waals surface area (Å²) in [5.41, 5.74) is 2.10. The Balaban J connectivity index is 0.00000120. The fraction of sp³-hybridized carbons (Fsp3) is 0.500. The minimum absolute atomic E-state index is 0. The minimum atomic E-state index is -0.00884. The molecule has 1 N–H and O–H groups in total. The normalized spacial score (nSPS) is 20.7. The van der Waals surface area contributed by atoms with Gasteiger partial charge in [-0.3, -0.25) is 19.8 Å². The summed E-state index contributed by atoms with van der Waals surface area (Å²) in [6.45, 7) is 3.22. The highest BCUT2D eigenvalue weighted by molar-refractivity contribution is 6.18. The first-order valence-electron chi connectivity index (χ1n) is 9.90. The van der Waals surface area contributed by atoms with E-state index in [1.54, 1.807) is 17.3 Å². The van der Waals surface area contributed by atoms with E-state index in [4.69, 9.17) is 9.98 Å². The van der Waals surface area contributed by atoms with Gasteiger partial charge in [0.15, 0.2) is 11.7 Å². The maximum Gasteiger partial charge on any atom is 0.331 e. The Kier molecular flexibility index (Phi) is 6.49. The lowest BCUT2D eigenvalue weighted by Gasteiger charge is -2.31. The number of hydrogen-bond donors (Lipinski definition) is 1. The second-order valence-electron chi connectivity index (χ2n) is 7.61. The van der Waals surface area contributed by atoms with Gasteiger partial charge in [0.1, 0.15) is 11.5 Å². The molecule has 0 aromatic carbocycles. The number of aromatic amines is 1. The van der Waals surface area contributed by atoms with Crippen molar-refractivity contribution < 1.29 is 4.79 Å². The molecule has 1 fully saturated rings. The zero-order valence-electron chi connectivity index (χ0n) is 16.4. The van der Waals surface area contributed by atoms with Crippen molar-refractivity contribution in [2.24, 2.45) is 4.99 Å². The molecule has 2 aliphatic heterocycles. The number of pyridine rings is 1. The number of H-pyrrole nitrogens is 1. The summed E-state index contributed by atoms with van der Waals surface area (Å²) in [6, 6.07) is 4.08. The monoisotopic (exact) mass is 436 g/mol. The quantitative estimate of drug-likeness (QED) is 0.787. The third-order valence-corrected chi connectivity index (χ3v) is 5.88. The van der Waals surface area contributed by atoms with Crippen molar-refractivity contribution in [1.82, 2.24) is 19.9 Å². The number of fused-ring (bicyclic) bond motifs is 3. The second-order valence-corrected chi connectivity index (χ2v) is 7.61. The number of urea groups is 1. The van der Waals surface area contributed by atoms with Crippen LogP contribution in [0.15, 0.2) is 29.5 Å². The van der Waals surface area contributed by atoms with E-state index < -0.39 is 0 Å². The molecule has 0 saturated heterocycles. The van der Waals surface area contributed by atoms with Crippen LogP contribution in [0.4, 0.5) is 10.6 Å². The third-order valence-electron chi connectivity index (χ3n) is 5.88. The number of nitrogens with one attached hydrogen (secondary N) is 1. The van der Waals surface area contributed by atoms with E-state index in [0.29, 0.717) is 19.0 Å². The average molecular weight is 437 g/mol. The molecule has 0 spiro atoms. The number of amidine groups is 1. The highest BCUT2D eigenvalue weighted by atomic mass is 35.5. The smallest absolute Gasteiger partial charge is 0.331 e. The van der Waals surface area contributed by atoms with Gasteiger partial charge in [-0.2, -0.15) is 0 Å². The van der Waals surface area contributed by atoms with Crippen LogP contribution in [0.25, 0.3) is 0 Å². The van der Waals surface area contributed by atoms with Crippen LogP contribution in [-0.2, 0) is 6.42 Å². The Morgan fingerprint density at radius 2 is 1.90 bits per heavy atom. The number of aliphatic imine (C=N–C) groups is 1. The molecule has 2 aromatic heterocycles. The van der Waals surface area contributed by atoms with Crippen molar-refractivity contribution >= 4 is 42.5 Å². The van der Waals surface area contributed by atoms with E-state index in [-0.39, 0.29) is 36.9 Å². The fourth-order valence-electron chi connectivity index (χ4n) is 4.50. The zero-order valence-corrected chi connectivity index (χ0v) is 18.0. The predicted octanol–water partition coefficient (Wildman–Crippen LogP) is 3.94. The number of anilines is 1. The van der Waals surface area contributed by atoms with Crippen molar-refractivity contribution in [2.75, 3.05) is 18.0 Å². The number of carbonyl (C=O) groups is 1. The van der Waals surface area contributed by atoms with Crippen LogP contribution in [0.3, 0.4) is 0 Å². The van der Waals surface area contributed by atoms with E-state index in [1.165, 1.54) is 31.2 Å². The van der Waals surface area contributed by atoms with Gasteiger partial charge in [-0.1, -0.05) is 12.8 Å². The van der Waals surface area contributed by atoms with Crippen LogP contribution in [0.2, 0.25) is 0 Å². The number of imidazole rings is 1. The first kappa shape index (κ1) is 21.6. The second kappa shape index (κ2) is 8.71. The van der Waals surface area contributed by atoms with Crippen molar-refractivity contribution in [3.63, 3.8) is 0 Å². The molecule has 1 saturated carbocycles. The molecule has 9 heteroatoms. The van der Waals surface area contributed by atoms with E-state index in [2.05, 4.69) is 9.97 Å². The Morgan fingerprint density at radius 1 is 1.17 bits per heavy atom. The number of aromatic nitrogens is 3. The molecule has 4 heterocycles. The van der Waals surface area contributed by atoms with Gasteiger partial charge in [-0.15, -0.1) is 24.8 Å². The molecule has 2 amide bonds.